The first-order valence-corrected chi connectivity index (χ1v) is 4.75. The summed E-state index contributed by atoms with van der Waals surface area (Å²) in [6, 6.07) is 0.270. The Hall–Kier alpha value is -0.680. The fraction of sp³-hybridized carbons (Fsp3) is 0.750. The first-order valence-electron chi connectivity index (χ1n) is 4.34. The fourth-order valence-electron chi connectivity index (χ4n) is 1.49. The third-order valence-electron chi connectivity index (χ3n) is 2.09. The summed E-state index contributed by atoms with van der Waals surface area (Å²) in [5.41, 5.74) is 5.26. The van der Waals surface area contributed by atoms with Crippen molar-refractivity contribution in [2.24, 2.45) is 5.73 Å². The normalized spacial score (nSPS) is 23.0. The van der Waals surface area contributed by atoms with Crippen LogP contribution in [0.5, 0.6) is 0 Å². The molecule has 0 radical (unpaired) electrons. The van der Waals surface area contributed by atoms with Crippen LogP contribution in [0.25, 0.3) is 0 Å². The summed E-state index contributed by atoms with van der Waals surface area (Å²) in [4.78, 5) is 13.7. The van der Waals surface area contributed by atoms with Crippen LogP contribution in [0.4, 0.5) is 0 Å². The number of hydrogen-bond acceptors (Lipinski definition) is 3. The fourth-order valence-corrected chi connectivity index (χ4v) is 1.62. The van der Waals surface area contributed by atoms with Gasteiger partial charge in [0.05, 0.1) is 11.4 Å². The number of nitrogens with one attached hydrogen (secondary N) is 1. The molecule has 0 saturated carbocycles. The van der Waals surface area contributed by atoms with Crippen molar-refractivity contribution in [2.75, 3.05) is 20.1 Å². The minimum absolute atomic E-state index is 0.0622. The largest absolute Gasteiger partial charge is 0.393 e. The van der Waals surface area contributed by atoms with Gasteiger partial charge in [0.25, 0.3) is 0 Å². The molecule has 1 heterocycles. The molecule has 0 aromatic heterocycles. The van der Waals surface area contributed by atoms with Gasteiger partial charge in [-0.05, 0) is 20.0 Å². The Kier molecular flexibility index (Phi) is 3.62. The Morgan fingerprint density at radius 3 is 2.92 bits per heavy atom. The number of amides is 1. The molecule has 1 saturated heterocycles. The third kappa shape index (κ3) is 3.69. The zero-order valence-corrected chi connectivity index (χ0v) is 8.56. The molecule has 0 spiro atoms. The lowest BCUT2D eigenvalue weighted by molar-refractivity contribution is -0.120. The van der Waals surface area contributed by atoms with Crippen LogP contribution in [-0.2, 0) is 4.79 Å². The molecule has 1 unspecified atom stereocenters. The molecule has 1 amide bonds. The topological polar surface area (TPSA) is 58.4 Å². The summed E-state index contributed by atoms with van der Waals surface area (Å²) < 4.78 is 0. The van der Waals surface area contributed by atoms with Crippen LogP contribution in [0.1, 0.15) is 12.8 Å². The minimum Gasteiger partial charge on any atom is -0.393 e. The second-order valence-corrected chi connectivity index (χ2v) is 3.98. The predicted octanol–water partition coefficient (Wildman–Crippen LogP) is -0.517. The van der Waals surface area contributed by atoms with E-state index in [0.29, 0.717) is 0 Å². The van der Waals surface area contributed by atoms with Crippen LogP contribution in [0, 0.1) is 0 Å². The molecule has 1 atom stereocenters. The molecule has 0 aliphatic carbocycles. The first-order chi connectivity index (χ1) is 6.08. The predicted molar refractivity (Wildman–Crippen MR) is 55.4 cm³/mol. The van der Waals surface area contributed by atoms with Gasteiger partial charge in [0, 0.05) is 12.6 Å². The van der Waals surface area contributed by atoms with Crippen molar-refractivity contribution in [2.45, 2.75) is 18.9 Å². The lowest BCUT2D eigenvalue weighted by Crippen LogP contribution is -2.38. The van der Waals surface area contributed by atoms with Crippen LogP contribution in [-0.4, -0.2) is 42.0 Å². The Bertz CT molecular complexity index is 219. The van der Waals surface area contributed by atoms with Gasteiger partial charge in [-0.3, -0.25) is 4.79 Å². The first kappa shape index (κ1) is 10.4. The lowest BCUT2D eigenvalue weighted by atomic mass is 10.2. The minimum atomic E-state index is -0.0622. The van der Waals surface area contributed by atoms with Gasteiger partial charge in [-0.2, -0.15) is 0 Å². The number of likely N-dealkylation sites (N-methyl/N-ethyl adjacent to an activating group) is 1. The van der Waals surface area contributed by atoms with E-state index < -0.39 is 0 Å². The Balaban J connectivity index is 2.24. The number of carbonyl (C=O) groups excluding carboxylic acids is 1. The van der Waals surface area contributed by atoms with E-state index in [9.17, 15) is 4.79 Å². The summed E-state index contributed by atoms with van der Waals surface area (Å²) in [7, 11) is 2.04. The van der Waals surface area contributed by atoms with Gasteiger partial charge < -0.3 is 16.0 Å². The molecule has 0 aromatic rings. The van der Waals surface area contributed by atoms with Crippen molar-refractivity contribution >= 4 is 23.1 Å². The highest BCUT2D eigenvalue weighted by atomic mass is 32.1. The number of hydrogen-bond donors (Lipinski definition) is 2. The van der Waals surface area contributed by atoms with E-state index in [1.54, 1.807) is 0 Å². The maximum atomic E-state index is 11.2. The molecule has 0 bridgehead atoms. The van der Waals surface area contributed by atoms with Crippen LogP contribution in [0.3, 0.4) is 0 Å². The Morgan fingerprint density at radius 2 is 2.46 bits per heavy atom. The van der Waals surface area contributed by atoms with E-state index >= 15 is 0 Å². The average Bonchev–Trinajstić information content (AvgIpc) is 2.33. The molecular weight excluding hydrogens is 186 g/mol. The van der Waals surface area contributed by atoms with Crippen LogP contribution in [0.15, 0.2) is 0 Å². The van der Waals surface area contributed by atoms with Crippen molar-refractivity contribution in [3.8, 4) is 0 Å². The highest BCUT2D eigenvalue weighted by Gasteiger charge is 2.20. The summed E-state index contributed by atoms with van der Waals surface area (Å²) >= 11 is 4.64. The van der Waals surface area contributed by atoms with Crippen LogP contribution in [0.2, 0.25) is 0 Å². The quantitative estimate of drug-likeness (QED) is 0.603. The van der Waals surface area contributed by atoms with E-state index in [1.165, 1.54) is 0 Å². The maximum absolute atomic E-state index is 11.2. The van der Waals surface area contributed by atoms with Gasteiger partial charge in [-0.15, -0.1) is 0 Å². The number of likely N-dealkylation sites (tertiary alicyclic amines) is 1. The van der Waals surface area contributed by atoms with Crippen molar-refractivity contribution in [1.82, 2.24) is 10.2 Å². The van der Waals surface area contributed by atoms with Crippen LogP contribution >= 0.6 is 12.2 Å². The van der Waals surface area contributed by atoms with Gasteiger partial charge in [-0.25, -0.2) is 0 Å². The molecule has 3 N–H and O–H groups in total. The number of thiocarbonyl (C=S) groups is 1. The van der Waals surface area contributed by atoms with Gasteiger partial charge in [-0.1, -0.05) is 12.2 Å². The molecule has 13 heavy (non-hydrogen) atoms. The van der Waals surface area contributed by atoms with Crippen molar-refractivity contribution in [1.29, 1.82) is 0 Å². The second kappa shape index (κ2) is 4.53. The van der Waals surface area contributed by atoms with E-state index in [1.807, 2.05) is 7.05 Å². The Morgan fingerprint density at radius 1 is 1.77 bits per heavy atom. The number of nitrogens with zero attached hydrogens (tertiary/aromatic N) is 1. The summed E-state index contributed by atoms with van der Waals surface area (Å²) in [6.07, 6.45) is 1.18. The lowest BCUT2D eigenvalue weighted by Gasteiger charge is -2.12. The van der Waals surface area contributed by atoms with Gasteiger partial charge in [0.1, 0.15) is 0 Å². The number of rotatable bonds is 3. The monoisotopic (exact) mass is 201 g/mol. The van der Waals surface area contributed by atoms with E-state index in [-0.39, 0.29) is 23.4 Å². The summed E-state index contributed by atoms with van der Waals surface area (Å²) in [5, 5.41) is 2.89. The molecule has 1 rings (SSSR count). The number of carbonyl (C=O) groups is 1. The smallest absolute Gasteiger partial charge is 0.227 e. The van der Waals surface area contributed by atoms with Gasteiger partial charge >= 0.3 is 0 Å². The molecule has 4 nitrogen and oxygen atoms in total. The zero-order valence-electron chi connectivity index (χ0n) is 7.75. The highest BCUT2D eigenvalue weighted by molar-refractivity contribution is 7.80. The van der Waals surface area contributed by atoms with E-state index in [2.05, 4.69) is 22.4 Å². The number of nitrogens with two attached hydrogens (primary N) is 1. The standard InChI is InChI=1S/C8H15N3OS/c1-11-3-2-6(5-11)10-8(12)4-7(9)13/h6H,2-5H2,1H3,(H2,9,13)(H,10,12). The van der Waals surface area contributed by atoms with Gasteiger partial charge in [0.2, 0.25) is 5.91 Å². The van der Waals surface area contributed by atoms with Crippen molar-refractivity contribution < 1.29 is 4.79 Å². The van der Waals surface area contributed by atoms with E-state index in [0.717, 1.165) is 19.5 Å². The summed E-state index contributed by atoms with van der Waals surface area (Å²) in [5.74, 6) is -0.0622. The highest BCUT2D eigenvalue weighted by Crippen LogP contribution is 2.05. The van der Waals surface area contributed by atoms with Crippen LogP contribution < -0.4 is 11.1 Å². The van der Waals surface area contributed by atoms with Crippen molar-refractivity contribution in [3.63, 3.8) is 0 Å². The average molecular weight is 201 g/mol. The van der Waals surface area contributed by atoms with Gasteiger partial charge in [0.15, 0.2) is 0 Å². The molecule has 1 aliphatic rings. The Labute approximate surface area is 83.5 Å². The van der Waals surface area contributed by atoms with Crippen molar-refractivity contribution in [3.05, 3.63) is 0 Å². The SMILES string of the molecule is CN1CCC(NC(=O)CC(N)=S)C1. The molecule has 74 valence electrons. The third-order valence-corrected chi connectivity index (χ3v) is 2.24. The maximum Gasteiger partial charge on any atom is 0.227 e. The second-order valence-electron chi connectivity index (χ2n) is 3.46. The molecule has 1 fully saturated rings. The molecule has 0 aromatic carbocycles. The molecule has 1 aliphatic heterocycles. The van der Waals surface area contributed by atoms with E-state index in [4.69, 9.17) is 5.73 Å². The summed E-state index contributed by atoms with van der Waals surface area (Å²) in [6.45, 7) is 1.96. The zero-order chi connectivity index (χ0) is 9.84. The molecule has 5 heteroatoms. The molecular formula is C8H15N3OS.